The van der Waals surface area contributed by atoms with Gasteiger partial charge in [-0.25, -0.2) is 9.97 Å². The zero-order chi connectivity index (χ0) is 19.8. The fraction of sp³-hybridized carbons (Fsp3) is 0.190. The number of nitrogens with one attached hydrogen (secondary N) is 2. The molecule has 0 saturated heterocycles. The van der Waals surface area contributed by atoms with Gasteiger partial charge in [0.15, 0.2) is 0 Å². The molecule has 28 heavy (non-hydrogen) atoms. The fourth-order valence-corrected chi connectivity index (χ4v) is 2.58. The van der Waals surface area contributed by atoms with Crippen LogP contribution >= 0.6 is 0 Å². The minimum Gasteiger partial charge on any atom is -0.497 e. The molecule has 2 N–H and O–H groups in total. The van der Waals surface area contributed by atoms with E-state index in [1.54, 1.807) is 44.7 Å². The normalized spacial score (nSPS) is 10.2. The number of nitrogens with zero attached hydrogens (tertiary/aromatic N) is 2. The summed E-state index contributed by atoms with van der Waals surface area (Å²) >= 11 is 0. The Kier molecular flexibility index (Phi) is 6.41. The van der Waals surface area contributed by atoms with Crippen LogP contribution in [0.25, 0.3) is 0 Å². The van der Waals surface area contributed by atoms with Crippen molar-refractivity contribution in [2.24, 2.45) is 0 Å². The van der Waals surface area contributed by atoms with E-state index in [1.165, 1.54) is 5.56 Å². The van der Waals surface area contributed by atoms with Crippen molar-refractivity contribution in [3.63, 3.8) is 0 Å². The van der Waals surface area contributed by atoms with Gasteiger partial charge >= 0.3 is 0 Å². The zero-order valence-electron chi connectivity index (χ0n) is 15.8. The van der Waals surface area contributed by atoms with Crippen molar-refractivity contribution in [2.45, 2.75) is 6.42 Å². The molecule has 0 aliphatic heterocycles. The first-order valence-electron chi connectivity index (χ1n) is 8.83. The molecule has 1 heterocycles. The van der Waals surface area contributed by atoms with Crippen LogP contribution in [0.1, 0.15) is 16.1 Å². The Balaban J connectivity index is 1.57. The fourth-order valence-electron chi connectivity index (χ4n) is 2.58. The summed E-state index contributed by atoms with van der Waals surface area (Å²) < 4.78 is 10.3. The summed E-state index contributed by atoms with van der Waals surface area (Å²) in [7, 11) is 3.22. The average molecular weight is 378 g/mol. The Morgan fingerprint density at radius 1 is 1.00 bits per heavy atom. The highest BCUT2D eigenvalue weighted by atomic mass is 16.5. The van der Waals surface area contributed by atoms with E-state index in [0.717, 1.165) is 12.2 Å². The molecule has 3 aromatic rings. The second-order valence-corrected chi connectivity index (χ2v) is 5.98. The van der Waals surface area contributed by atoms with E-state index in [9.17, 15) is 4.79 Å². The van der Waals surface area contributed by atoms with Gasteiger partial charge in [0, 0.05) is 24.5 Å². The van der Waals surface area contributed by atoms with Crippen molar-refractivity contribution in [3.8, 4) is 11.5 Å². The van der Waals surface area contributed by atoms with Gasteiger partial charge in [-0.1, -0.05) is 18.2 Å². The molecule has 0 fully saturated rings. The summed E-state index contributed by atoms with van der Waals surface area (Å²) in [6.45, 7) is 0.646. The topological polar surface area (TPSA) is 85.4 Å². The summed E-state index contributed by atoms with van der Waals surface area (Å²) in [4.78, 5) is 20.9. The number of aromatic nitrogens is 2. The number of amides is 1. The zero-order valence-corrected chi connectivity index (χ0v) is 15.8. The third-order valence-electron chi connectivity index (χ3n) is 4.07. The summed E-state index contributed by atoms with van der Waals surface area (Å²) in [5, 5.41) is 5.95. The van der Waals surface area contributed by atoms with Crippen LogP contribution in [0.2, 0.25) is 0 Å². The smallest absolute Gasteiger partial charge is 0.274 e. The molecule has 2 aromatic carbocycles. The third-order valence-corrected chi connectivity index (χ3v) is 4.07. The molecule has 0 saturated carbocycles. The van der Waals surface area contributed by atoms with Gasteiger partial charge in [-0.3, -0.25) is 4.79 Å². The maximum Gasteiger partial charge on any atom is 0.274 e. The minimum absolute atomic E-state index is 0.282. The van der Waals surface area contributed by atoms with Crippen molar-refractivity contribution in [1.82, 2.24) is 9.97 Å². The van der Waals surface area contributed by atoms with Crippen LogP contribution < -0.4 is 20.1 Å². The summed E-state index contributed by atoms with van der Waals surface area (Å²) in [6, 6.07) is 16.6. The van der Waals surface area contributed by atoms with E-state index in [4.69, 9.17) is 9.47 Å². The number of anilines is 2. The molecule has 144 valence electrons. The van der Waals surface area contributed by atoms with Gasteiger partial charge in [0.2, 0.25) is 5.95 Å². The highest BCUT2D eigenvalue weighted by Crippen LogP contribution is 2.17. The maximum atomic E-state index is 12.4. The Bertz CT molecular complexity index is 929. The van der Waals surface area contributed by atoms with Crippen LogP contribution in [0.3, 0.4) is 0 Å². The summed E-state index contributed by atoms with van der Waals surface area (Å²) in [6.07, 6.45) is 2.36. The van der Waals surface area contributed by atoms with Crippen molar-refractivity contribution >= 4 is 17.5 Å². The summed E-state index contributed by atoms with van der Waals surface area (Å²) in [5.41, 5.74) is 2.09. The van der Waals surface area contributed by atoms with Gasteiger partial charge < -0.3 is 20.1 Å². The SMILES string of the molecule is COc1ccc(CCNc2nccc(C(=O)Nc3cccc(OC)c3)n2)cc1. The minimum atomic E-state index is -0.311. The van der Waals surface area contributed by atoms with Crippen molar-refractivity contribution in [3.05, 3.63) is 72.1 Å². The number of carbonyl (C=O) groups is 1. The lowest BCUT2D eigenvalue weighted by molar-refractivity contribution is 0.102. The summed E-state index contributed by atoms with van der Waals surface area (Å²) in [5.74, 6) is 1.59. The predicted molar refractivity (Wildman–Crippen MR) is 108 cm³/mol. The molecule has 7 heteroatoms. The van der Waals surface area contributed by atoms with Crippen LogP contribution in [-0.4, -0.2) is 36.6 Å². The molecule has 0 atom stereocenters. The molecule has 0 aliphatic rings. The molecular formula is C21H22N4O3. The highest BCUT2D eigenvalue weighted by molar-refractivity contribution is 6.03. The van der Waals surface area contributed by atoms with Gasteiger partial charge in [-0.2, -0.15) is 0 Å². The molecule has 1 aromatic heterocycles. The third kappa shape index (κ3) is 5.20. The van der Waals surface area contributed by atoms with Gasteiger partial charge in [0.05, 0.1) is 14.2 Å². The van der Waals surface area contributed by atoms with Crippen molar-refractivity contribution < 1.29 is 14.3 Å². The molecular weight excluding hydrogens is 356 g/mol. The molecule has 0 aliphatic carbocycles. The standard InChI is InChI=1S/C21H22N4O3/c1-27-17-8-6-15(7-9-17)10-12-22-21-23-13-11-19(25-21)20(26)24-16-4-3-5-18(14-16)28-2/h3-9,11,13-14H,10,12H2,1-2H3,(H,24,26)(H,22,23,25). The highest BCUT2D eigenvalue weighted by Gasteiger charge is 2.10. The molecule has 0 radical (unpaired) electrons. The quantitative estimate of drug-likeness (QED) is 0.625. The maximum absolute atomic E-state index is 12.4. The van der Waals surface area contributed by atoms with Crippen molar-refractivity contribution in [2.75, 3.05) is 31.4 Å². The van der Waals surface area contributed by atoms with Crippen LogP contribution in [0.15, 0.2) is 60.8 Å². The molecule has 1 amide bonds. The second kappa shape index (κ2) is 9.36. The monoisotopic (exact) mass is 378 g/mol. The van der Waals surface area contributed by atoms with Crippen LogP contribution in [-0.2, 0) is 6.42 Å². The lowest BCUT2D eigenvalue weighted by atomic mass is 10.1. The Labute approximate surface area is 163 Å². The molecule has 7 nitrogen and oxygen atoms in total. The largest absolute Gasteiger partial charge is 0.497 e. The number of hydrogen-bond donors (Lipinski definition) is 2. The van der Waals surface area contributed by atoms with Gasteiger partial charge in [-0.05, 0) is 42.3 Å². The first-order chi connectivity index (χ1) is 13.7. The Hall–Kier alpha value is -3.61. The second-order valence-electron chi connectivity index (χ2n) is 5.98. The lowest BCUT2D eigenvalue weighted by Crippen LogP contribution is -2.16. The van der Waals surface area contributed by atoms with E-state index < -0.39 is 0 Å². The number of rotatable bonds is 8. The lowest BCUT2D eigenvalue weighted by Gasteiger charge is -2.08. The van der Waals surface area contributed by atoms with Gasteiger partial charge in [0.25, 0.3) is 5.91 Å². The average Bonchev–Trinajstić information content (AvgIpc) is 2.74. The number of hydrogen-bond acceptors (Lipinski definition) is 6. The van der Waals surface area contributed by atoms with E-state index in [2.05, 4.69) is 20.6 Å². The molecule has 0 spiro atoms. The van der Waals surface area contributed by atoms with Gasteiger partial charge in [0.1, 0.15) is 17.2 Å². The number of ether oxygens (including phenoxy) is 2. The predicted octanol–water partition coefficient (Wildman–Crippen LogP) is 3.40. The number of carbonyl (C=O) groups excluding carboxylic acids is 1. The van der Waals surface area contributed by atoms with E-state index in [0.29, 0.717) is 23.9 Å². The van der Waals surface area contributed by atoms with E-state index >= 15 is 0 Å². The van der Waals surface area contributed by atoms with Crippen LogP contribution in [0.5, 0.6) is 11.5 Å². The molecule has 3 rings (SSSR count). The Morgan fingerprint density at radius 2 is 1.79 bits per heavy atom. The number of methoxy groups -OCH3 is 2. The van der Waals surface area contributed by atoms with Crippen LogP contribution in [0, 0.1) is 0 Å². The molecule has 0 unspecified atom stereocenters. The van der Waals surface area contributed by atoms with Gasteiger partial charge in [-0.15, -0.1) is 0 Å². The Morgan fingerprint density at radius 3 is 2.54 bits per heavy atom. The van der Waals surface area contributed by atoms with E-state index in [-0.39, 0.29) is 11.6 Å². The molecule has 0 bridgehead atoms. The first-order valence-corrected chi connectivity index (χ1v) is 8.83. The number of benzene rings is 2. The first kappa shape index (κ1) is 19.2. The van der Waals surface area contributed by atoms with Crippen molar-refractivity contribution in [1.29, 1.82) is 0 Å². The van der Waals surface area contributed by atoms with Crippen LogP contribution in [0.4, 0.5) is 11.6 Å². The van der Waals surface area contributed by atoms with E-state index in [1.807, 2.05) is 30.3 Å².